The molecule has 0 saturated heterocycles. The molecule has 0 bridgehead atoms. The van der Waals surface area contributed by atoms with Gasteiger partial charge in [-0.25, -0.2) is 9.59 Å². The molecule has 0 aliphatic carbocycles. The number of esters is 2. The van der Waals surface area contributed by atoms with Crippen LogP contribution in [0.1, 0.15) is 34.1 Å². The van der Waals surface area contributed by atoms with E-state index in [2.05, 4.69) is 13.2 Å². The molecule has 3 atom stereocenters. The molecule has 0 aromatic carbocycles. The Bertz CT molecular complexity index is 469. The van der Waals surface area contributed by atoms with Gasteiger partial charge in [0.2, 0.25) is 0 Å². The van der Waals surface area contributed by atoms with Crippen molar-refractivity contribution in [2.45, 2.75) is 52.4 Å². The van der Waals surface area contributed by atoms with E-state index in [0.29, 0.717) is 26.2 Å². The third-order valence-corrected chi connectivity index (χ3v) is 4.01. The van der Waals surface area contributed by atoms with Crippen molar-refractivity contribution in [2.24, 2.45) is 5.41 Å². The second-order valence-corrected chi connectivity index (χ2v) is 7.15. The summed E-state index contributed by atoms with van der Waals surface area (Å²) in [7, 11) is 0. The van der Waals surface area contributed by atoms with Crippen LogP contribution in [-0.4, -0.2) is 75.0 Å². The summed E-state index contributed by atoms with van der Waals surface area (Å²) in [5.41, 5.74) is -0.473. The molecule has 0 aliphatic rings. The molecule has 0 aromatic rings. The highest BCUT2D eigenvalue weighted by atomic mass is 16.6. The average Bonchev–Trinajstić information content (AvgIpc) is 2.66. The van der Waals surface area contributed by atoms with Crippen LogP contribution in [0.5, 0.6) is 0 Å². The fourth-order valence-electron chi connectivity index (χ4n) is 2.32. The quantitative estimate of drug-likeness (QED) is 0.284. The van der Waals surface area contributed by atoms with Crippen molar-refractivity contribution in [2.75, 3.05) is 39.6 Å². The van der Waals surface area contributed by atoms with Crippen LogP contribution < -0.4 is 0 Å². The zero-order valence-corrected chi connectivity index (χ0v) is 18.1. The standard InChI is InChI=1S/C21H36O8/c1-7-19(23)28-17(5)11-26-14-21(9-3,13-25-10-16(4)22)15-27-12-18(6)29-20(24)8-2/h7-8,16-18,22H,1-2,9-15H2,3-6H3. The first-order chi connectivity index (χ1) is 13.7. The highest BCUT2D eigenvalue weighted by molar-refractivity contribution is 5.81. The van der Waals surface area contributed by atoms with E-state index in [1.165, 1.54) is 0 Å². The SMILES string of the molecule is C=CC(=O)OC(C)COCC(CC)(COCC(C)O)COCC(C)OC(=O)C=C. The topological polar surface area (TPSA) is 101 Å². The van der Waals surface area contributed by atoms with Gasteiger partial charge in [0.1, 0.15) is 12.2 Å². The molecule has 0 fully saturated rings. The molecule has 168 valence electrons. The minimum Gasteiger partial charge on any atom is -0.457 e. The van der Waals surface area contributed by atoms with Gasteiger partial charge in [-0.3, -0.25) is 0 Å². The lowest BCUT2D eigenvalue weighted by Crippen LogP contribution is -2.39. The molecule has 0 saturated carbocycles. The van der Waals surface area contributed by atoms with Crippen molar-refractivity contribution >= 4 is 11.9 Å². The molecule has 0 spiro atoms. The smallest absolute Gasteiger partial charge is 0.330 e. The largest absolute Gasteiger partial charge is 0.457 e. The van der Waals surface area contributed by atoms with Crippen LogP contribution in [-0.2, 0) is 33.3 Å². The molecule has 8 heteroatoms. The number of carbonyl (C=O) groups excluding carboxylic acids is 2. The number of rotatable bonds is 17. The Labute approximate surface area is 173 Å². The van der Waals surface area contributed by atoms with Gasteiger partial charge in [-0.1, -0.05) is 20.1 Å². The van der Waals surface area contributed by atoms with Crippen LogP contribution in [0.4, 0.5) is 0 Å². The van der Waals surface area contributed by atoms with Crippen molar-refractivity contribution in [3.8, 4) is 0 Å². The summed E-state index contributed by atoms with van der Waals surface area (Å²) in [6, 6.07) is 0. The third kappa shape index (κ3) is 13.2. The van der Waals surface area contributed by atoms with Crippen molar-refractivity contribution in [1.82, 2.24) is 0 Å². The van der Waals surface area contributed by atoms with Crippen molar-refractivity contribution in [1.29, 1.82) is 0 Å². The summed E-state index contributed by atoms with van der Waals surface area (Å²) in [4.78, 5) is 22.5. The molecule has 0 amide bonds. The molecule has 3 unspecified atom stereocenters. The van der Waals surface area contributed by atoms with Gasteiger partial charge in [0.25, 0.3) is 0 Å². The normalized spacial score (nSPS) is 16.2. The first kappa shape index (κ1) is 27.3. The van der Waals surface area contributed by atoms with E-state index in [-0.39, 0.29) is 19.8 Å². The molecular formula is C21H36O8. The highest BCUT2D eigenvalue weighted by Gasteiger charge is 2.31. The maximum Gasteiger partial charge on any atom is 0.330 e. The van der Waals surface area contributed by atoms with Gasteiger partial charge in [0.05, 0.1) is 45.7 Å². The second kappa shape index (κ2) is 15.1. The van der Waals surface area contributed by atoms with Crippen LogP contribution in [0.15, 0.2) is 25.3 Å². The summed E-state index contributed by atoms with van der Waals surface area (Å²) in [5, 5.41) is 9.43. The maximum absolute atomic E-state index is 11.2. The maximum atomic E-state index is 11.2. The lowest BCUT2D eigenvalue weighted by atomic mass is 9.88. The minimum absolute atomic E-state index is 0.197. The first-order valence-corrected chi connectivity index (χ1v) is 9.75. The van der Waals surface area contributed by atoms with Crippen LogP contribution >= 0.6 is 0 Å². The number of aliphatic hydroxyl groups is 1. The number of aliphatic hydroxyl groups excluding tert-OH is 1. The Hall–Kier alpha value is -1.74. The van der Waals surface area contributed by atoms with Gasteiger partial charge in [0, 0.05) is 17.6 Å². The van der Waals surface area contributed by atoms with Gasteiger partial charge < -0.3 is 28.8 Å². The summed E-state index contributed by atoms with van der Waals surface area (Å²) < 4.78 is 27.3. The molecule has 0 aliphatic heterocycles. The van der Waals surface area contributed by atoms with Gasteiger partial charge in [-0.2, -0.15) is 0 Å². The summed E-state index contributed by atoms with van der Waals surface area (Å²) in [6.45, 7) is 15.4. The Kier molecular flexibility index (Phi) is 14.2. The molecule has 0 radical (unpaired) electrons. The molecule has 0 aromatic heterocycles. The number of hydrogen-bond acceptors (Lipinski definition) is 8. The number of hydrogen-bond donors (Lipinski definition) is 1. The minimum atomic E-state index is -0.580. The third-order valence-electron chi connectivity index (χ3n) is 4.01. The summed E-state index contributed by atoms with van der Waals surface area (Å²) in [6.07, 6.45) is 1.47. The lowest BCUT2D eigenvalue weighted by Gasteiger charge is -2.33. The van der Waals surface area contributed by atoms with Crippen molar-refractivity contribution in [3.05, 3.63) is 25.3 Å². The Morgan fingerprint density at radius 3 is 1.55 bits per heavy atom. The van der Waals surface area contributed by atoms with E-state index in [0.717, 1.165) is 12.2 Å². The van der Waals surface area contributed by atoms with Gasteiger partial charge in [0.15, 0.2) is 0 Å². The van der Waals surface area contributed by atoms with Crippen molar-refractivity contribution in [3.63, 3.8) is 0 Å². The molecule has 29 heavy (non-hydrogen) atoms. The van der Waals surface area contributed by atoms with Gasteiger partial charge in [-0.15, -0.1) is 0 Å². The molecule has 0 heterocycles. The average molecular weight is 417 g/mol. The predicted molar refractivity (Wildman–Crippen MR) is 108 cm³/mol. The van der Waals surface area contributed by atoms with E-state index in [1.807, 2.05) is 6.92 Å². The van der Waals surface area contributed by atoms with E-state index in [9.17, 15) is 14.7 Å². The lowest BCUT2D eigenvalue weighted by molar-refractivity contribution is -0.148. The Morgan fingerprint density at radius 1 is 0.862 bits per heavy atom. The number of carbonyl (C=O) groups is 2. The van der Waals surface area contributed by atoms with E-state index in [4.69, 9.17) is 23.7 Å². The molecular weight excluding hydrogens is 380 g/mol. The number of ether oxygens (including phenoxy) is 5. The predicted octanol–water partition coefficient (Wildman–Crippen LogP) is 2.05. The van der Waals surface area contributed by atoms with Crippen LogP contribution in [0.25, 0.3) is 0 Å². The zero-order valence-electron chi connectivity index (χ0n) is 18.1. The monoisotopic (exact) mass is 416 g/mol. The summed E-state index contributed by atoms with van der Waals surface area (Å²) in [5.74, 6) is -1.01. The van der Waals surface area contributed by atoms with Crippen molar-refractivity contribution < 1.29 is 38.4 Å². The molecule has 0 rings (SSSR count). The Morgan fingerprint density at radius 2 is 1.24 bits per heavy atom. The molecule has 8 nitrogen and oxygen atoms in total. The van der Waals surface area contributed by atoms with E-state index >= 15 is 0 Å². The van der Waals surface area contributed by atoms with Crippen LogP contribution in [0, 0.1) is 5.41 Å². The highest BCUT2D eigenvalue weighted by Crippen LogP contribution is 2.24. The second-order valence-electron chi connectivity index (χ2n) is 7.15. The fraction of sp³-hybridized carbons (Fsp3) is 0.714. The van der Waals surface area contributed by atoms with Gasteiger partial charge >= 0.3 is 11.9 Å². The fourth-order valence-corrected chi connectivity index (χ4v) is 2.32. The van der Waals surface area contributed by atoms with E-state index in [1.54, 1.807) is 20.8 Å². The molecule has 1 N–H and O–H groups in total. The van der Waals surface area contributed by atoms with Gasteiger partial charge in [-0.05, 0) is 27.2 Å². The zero-order chi connectivity index (χ0) is 22.3. The van der Waals surface area contributed by atoms with Crippen LogP contribution in [0.3, 0.4) is 0 Å². The Balaban J connectivity index is 4.72. The first-order valence-electron chi connectivity index (χ1n) is 9.75. The van der Waals surface area contributed by atoms with Crippen LogP contribution in [0.2, 0.25) is 0 Å². The van der Waals surface area contributed by atoms with E-state index < -0.39 is 35.7 Å². The summed E-state index contributed by atoms with van der Waals surface area (Å²) >= 11 is 0.